The lowest BCUT2D eigenvalue weighted by atomic mass is 10.1. The molecule has 0 aliphatic heterocycles. The van der Waals surface area contributed by atoms with Crippen LogP contribution in [-0.4, -0.2) is 18.9 Å². The summed E-state index contributed by atoms with van der Waals surface area (Å²) in [5, 5.41) is 5.55. The topological polar surface area (TPSA) is 58.2 Å². The van der Waals surface area contributed by atoms with Crippen molar-refractivity contribution in [3.63, 3.8) is 0 Å². The summed E-state index contributed by atoms with van der Waals surface area (Å²) in [4.78, 5) is 26.1. The van der Waals surface area contributed by atoms with E-state index in [0.717, 1.165) is 29.7 Å². The summed E-state index contributed by atoms with van der Waals surface area (Å²) in [5.41, 5.74) is 2.78. The fourth-order valence-electron chi connectivity index (χ4n) is 2.55. The minimum Gasteiger partial charge on any atom is -0.355 e. The molecule has 5 heteroatoms. The third-order valence-electron chi connectivity index (χ3n) is 3.85. The van der Waals surface area contributed by atoms with E-state index in [-0.39, 0.29) is 11.8 Å². The van der Waals surface area contributed by atoms with E-state index in [2.05, 4.69) is 24.5 Å². The Labute approximate surface area is 147 Å². The number of benzene rings is 1. The zero-order valence-electron chi connectivity index (χ0n) is 14.4. The van der Waals surface area contributed by atoms with Crippen LogP contribution in [0.3, 0.4) is 0 Å². The van der Waals surface area contributed by atoms with E-state index in [1.165, 1.54) is 10.4 Å². The molecule has 0 fully saturated rings. The van der Waals surface area contributed by atoms with Gasteiger partial charge in [-0.15, -0.1) is 11.3 Å². The molecular formula is C19H24N2O2S. The Morgan fingerprint density at radius 3 is 2.58 bits per heavy atom. The summed E-state index contributed by atoms with van der Waals surface area (Å²) < 4.78 is 0. The van der Waals surface area contributed by atoms with Gasteiger partial charge in [0.2, 0.25) is 0 Å². The molecule has 1 heterocycles. The van der Waals surface area contributed by atoms with E-state index in [0.29, 0.717) is 12.1 Å². The van der Waals surface area contributed by atoms with E-state index in [9.17, 15) is 9.59 Å². The van der Waals surface area contributed by atoms with Crippen LogP contribution < -0.4 is 10.6 Å². The van der Waals surface area contributed by atoms with Crippen molar-refractivity contribution >= 4 is 23.2 Å². The van der Waals surface area contributed by atoms with E-state index in [1.807, 2.05) is 18.2 Å². The molecule has 24 heavy (non-hydrogen) atoms. The molecule has 0 aliphatic carbocycles. The Morgan fingerprint density at radius 2 is 1.92 bits per heavy atom. The van der Waals surface area contributed by atoms with Crippen molar-refractivity contribution in [2.45, 2.75) is 39.7 Å². The number of nitrogens with one attached hydrogen (secondary N) is 2. The SMILES string of the molecule is CCCc1sc(C(=O)NCc2cccc(C(=O)NC)c2)cc1CC. The van der Waals surface area contributed by atoms with Crippen LogP contribution >= 0.6 is 11.3 Å². The first-order valence-corrected chi connectivity index (χ1v) is 9.11. The second-order valence-electron chi connectivity index (χ2n) is 5.62. The van der Waals surface area contributed by atoms with E-state index < -0.39 is 0 Å². The van der Waals surface area contributed by atoms with Gasteiger partial charge in [0.05, 0.1) is 4.88 Å². The Bertz CT molecular complexity index is 722. The highest BCUT2D eigenvalue weighted by Crippen LogP contribution is 2.24. The molecule has 4 nitrogen and oxygen atoms in total. The van der Waals surface area contributed by atoms with Crippen LogP contribution in [0.2, 0.25) is 0 Å². The molecule has 1 aromatic carbocycles. The van der Waals surface area contributed by atoms with Gasteiger partial charge in [0.1, 0.15) is 0 Å². The van der Waals surface area contributed by atoms with E-state index in [4.69, 9.17) is 0 Å². The number of thiophene rings is 1. The maximum atomic E-state index is 12.4. The molecule has 2 rings (SSSR count). The molecule has 128 valence electrons. The van der Waals surface area contributed by atoms with Crippen LogP contribution in [0.5, 0.6) is 0 Å². The van der Waals surface area contributed by atoms with Crippen LogP contribution in [0.15, 0.2) is 30.3 Å². The maximum Gasteiger partial charge on any atom is 0.261 e. The third kappa shape index (κ3) is 4.45. The van der Waals surface area contributed by atoms with Crippen molar-refractivity contribution in [3.8, 4) is 0 Å². The van der Waals surface area contributed by atoms with Gasteiger partial charge in [-0.1, -0.05) is 32.4 Å². The Hall–Kier alpha value is -2.14. The quantitative estimate of drug-likeness (QED) is 0.807. The van der Waals surface area contributed by atoms with Gasteiger partial charge in [-0.05, 0) is 42.2 Å². The fourth-order valence-corrected chi connectivity index (χ4v) is 3.82. The minimum absolute atomic E-state index is 0.0533. The summed E-state index contributed by atoms with van der Waals surface area (Å²) in [7, 11) is 1.60. The smallest absolute Gasteiger partial charge is 0.261 e. The van der Waals surface area contributed by atoms with Gasteiger partial charge >= 0.3 is 0 Å². The molecule has 0 radical (unpaired) electrons. The lowest BCUT2D eigenvalue weighted by molar-refractivity contribution is 0.0952. The number of hydrogen-bond donors (Lipinski definition) is 2. The summed E-state index contributed by atoms with van der Waals surface area (Å²) in [6.07, 6.45) is 3.06. The zero-order chi connectivity index (χ0) is 17.5. The van der Waals surface area contributed by atoms with Crippen LogP contribution in [0.4, 0.5) is 0 Å². The zero-order valence-corrected chi connectivity index (χ0v) is 15.3. The van der Waals surface area contributed by atoms with E-state index >= 15 is 0 Å². The van der Waals surface area contributed by atoms with Crippen molar-refractivity contribution in [2.24, 2.45) is 0 Å². The molecular weight excluding hydrogens is 320 g/mol. The van der Waals surface area contributed by atoms with Gasteiger partial charge in [0.15, 0.2) is 0 Å². The molecule has 0 aliphatic rings. The fraction of sp³-hybridized carbons (Fsp3) is 0.368. The molecule has 0 spiro atoms. The number of rotatable bonds is 7. The second kappa shape index (κ2) is 8.64. The first-order valence-electron chi connectivity index (χ1n) is 8.29. The predicted octanol–water partition coefficient (Wildman–Crippen LogP) is 3.55. The van der Waals surface area contributed by atoms with Crippen molar-refractivity contribution in [1.82, 2.24) is 10.6 Å². The standard InChI is InChI=1S/C19H24N2O2S/c1-4-7-16-14(5-2)11-17(24-16)19(23)21-12-13-8-6-9-15(10-13)18(22)20-3/h6,8-11H,4-5,7,12H2,1-3H3,(H,20,22)(H,21,23). The summed E-state index contributed by atoms with van der Waals surface area (Å²) in [6.45, 7) is 4.68. The van der Waals surface area contributed by atoms with Crippen molar-refractivity contribution in [1.29, 1.82) is 0 Å². The predicted molar refractivity (Wildman–Crippen MR) is 98.7 cm³/mol. The molecule has 1 aromatic heterocycles. The highest BCUT2D eigenvalue weighted by atomic mass is 32.1. The molecule has 2 N–H and O–H groups in total. The summed E-state index contributed by atoms with van der Waals surface area (Å²) in [6, 6.07) is 9.29. The highest BCUT2D eigenvalue weighted by molar-refractivity contribution is 7.14. The molecule has 0 bridgehead atoms. The monoisotopic (exact) mass is 344 g/mol. The molecule has 0 atom stereocenters. The van der Waals surface area contributed by atoms with Crippen molar-refractivity contribution in [3.05, 3.63) is 56.8 Å². The summed E-state index contributed by atoms with van der Waals surface area (Å²) in [5.74, 6) is -0.180. The first kappa shape index (κ1) is 18.2. The van der Waals surface area contributed by atoms with Gasteiger partial charge in [-0.3, -0.25) is 9.59 Å². The first-order chi connectivity index (χ1) is 11.6. The van der Waals surface area contributed by atoms with Gasteiger partial charge in [0, 0.05) is 24.0 Å². The van der Waals surface area contributed by atoms with Gasteiger partial charge in [0.25, 0.3) is 11.8 Å². The number of carbonyl (C=O) groups is 2. The molecule has 0 saturated carbocycles. The molecule has 2 amide bonds. The highest BCUT2D eigenvalue weighted by Gasteiger charge is 2.13. The lowest BCUT2D eigenvalue weighted by Gasteiger charge is -2.06. The van der Waals surface area contributed by atoms with Gasteiger partial charge in [-0.2, -0.15) is 0 Å². The lowest BCUT2D eigenvalue weighted by Crippen LogP contribution is -2.22. The van der Waals surface area contributed by atoms with Gasteiger partial charge in [-0.25, -0.2) is 0 Å². The van der Waals surface area contributed by atoms with Crippen LogP contribution in [0, 0.1) is 0 Å². The van der Waals surface area contributed by atoms with Crippen LogP contribution in [-0.2, 0) is 19.4 Å². The molecule has 0 saturated heterocycles. The second-order valence-corrected chi connectivity index (χ2v) is 6.76. The maximum absolute atomic E-state index is 12.4. The Morgan fingerprint density at radius 1 is 1.12 bits per heavy atom. The average molecular weight is 344 g/mol. The number of hydrogen-bond acceptors (Lipinski definition) is 3. The minimum atomic E-state index is -0.127. The van der Waals surface area contributed by atoms with Crippen molar-refractivity contribution in [2.75, 3.05) is 7.05 Å². The average Bonchev–Trinajstić information content (AvgIpc) is 3.02. The molecule has 0 unspecified atom stereocenters. The van der Waals surface area contributed by atoms with Crippen LogP contribution in [0.25, 0.3) is 0 Å². The van der Waals surface area contributed by atoms with Gasteiger partial charge < -0.3 is 10.6 Å². The number of aryl methyl sites for hydroxylation is 2. The summed E-state index contributed by atoms with van der Waals surface area (Å²) >= 11 is 1.59. The molecule has 2 aromatic rings. The number of amides is 2. The number of carbonyl (C=O) groups excluding carboxylic acids is 2. The Balaban J connectivity index is 2.04. The Kier molecular flexibility index (Phi) is 6.55. The van der Waals surface area contributed by atoms with E-state index in [1.54, 1.807) is 30.5 Å². The van der Waals surface area contributed by atoms with Crippen molar-refractivity contribution < 1.29 is 9.59 Å². The third-order valence-corrected chi connectivity index (χ3v) is 5.08. The van der Waals surface area contributed by atoms with Crippen LogP contribution in [0.1, 0.15) is 56.3 Å². The normalized spacial score (nSPS) is 10.5. The largest absolute Gasteiger partial charge is 0.355 e.